The number of rotatable bonds is 3. The normalized spacial score (nSPS) is 18.8. The van der Waals surface area contributed by atoms with Gasteiger partial charge in [0, 0.05) is 22.3 Å². The SMILES string of the molecule is Cc1ccc(/C(O)=C2\C(=O)C(=O)N(c3ccc4c(c3)OCO4)C2c2ccc(Cl)cc2)cc1C. The van der Waals surface area contributed by atoms with Crippen molar-refractivity contribution < 1.29 is 24.2 Å². The highest BCUT2D eigenvalue weighted by Crippen LogP contribution is 2.45. The van der Waals surface area contributed by atoms with E-state index in [0.717, 1.165) is 11.1 Å². The Hall–Kier alpha value is -3.77. The van der Waals surface area contributed by atoms with E-state index in [-0.39, 0.29) is 18.1 Å². The molecule has 0 saturated carbocycles. The number of hydrogen-bond acceptors (Lipinski definition) is 5. The fraction of sp³-hybridized carbons (Fsp3) is 0.154. The van der Waals surface area contributed by atoms with Crippen LogP contribution in [0.15, 0.2) is 66.2 Å². The molecule has 1 atom stereocenters. The fourth-order valence-electron chi connectivity index (χ4n) is 4.14. The number of ether oxygens (including phenoxy) is 2. The average molecular weight is 462 g/mol. The Morgan fingerprint density at radius 3 is 2.39 bits per heavy atom. The molecule has 166 valence electrons. The fourth-order valence-corrected chi connectivity index (χ4v) is 4.26. The van der Waals surface area contributed by atoms with Gasteiger partial charge in [0.2, 0.25) is 6.79 Å². The highest BCUT2D eigenvalue weighted by molar-refractivity contribution is 6.51. The Balaban J connectivity index is 1.71. The summed E-state index contributed by atoms with van der Waals surface area (Å²) in [4.78, 5) is 27.9. The first-order valence-electron chi connectivity index (χ1n) is 10.4. The number of fused-ring (bicyclic) bond motifs is 1. The van der Waals surface area contributed by atoms with Crippen molar-refractivity contribution >= 4 is 34.7 Å². The number of aliphatic hydroxyl groups is 1. The third-order valence-corrected chi connectivity index (χ3v) is 6.30. The van der Waals surface area contributed by atoms with Gasteiger partial charge in [-0.05, 0) is 60.9 Å². The first-order chi connectivity index (χ1) is 15.8. The monoisotopic (exact) mass is 461 g/mol. The summed E-state index contributed by atoms with van der Waals surface area (Å²) < 4.78 is 10.8. The Labute approximate surface area is 195 Å². The first kappa shape index (κ1) is 21.1. The van der Waals surface area contributed by atoms with E-state index < -0.39 is 17.7 Å². The van der Waals surface area contributed by atoms with Crippen molar-refractivity contribution in [2.45, 2.75) is 19.9 Å². The maximum Gasteiger partial charge on any atom is 0.300 e. The standard InChI is InChI=1S/C26H20ClNO5/c1-14-3-4-17(11-15(14)2)24(29)22-23(16-5-7-18(27)8-6-16)28(26(31)25(22)30)19-9-10-20-21(12-19)33-13-32-20/h3-12,23,29H,13H2,1-2H3/b24-22+. The quantitative estimate of drug-likeness (QED) is 0.325. The minimum absolute atomic E-state index is 0.0169. The second-order valence-corrected chi connectivity index (χ2v) is 8.49. The number of nitrogens with zero attached hydrogens (tertiary/aromatic N) is 1. The zero-order valence-electron chi connectivity index (χ0n) is 18.0. The average Bonchev–Trinajstić information content (AvgIpc) is 3.38. The van der Waals surface area contributed by atoms with Gasteiger partial charge in [0.15, 0.2) is 11.5 Å². The number of carbonyl (C=O) groups is 2. The van der Waals surface area contributed by atoms with E-state index in [1.54, 1.807) is 54.6 Å². The summed E-state index contributed by atoms with van der Waals surface area (Å²) >= 11 is 6.08. The van der Waals surface area contributed by atoms with Crippen molar-refractivity contribution in [2.24, 2.45) is 0 Å². The number of hydrogen-bond donors (Lipinski definition) is 1. The van der Waals surface area contributed by atoms with E-state index in [1.807, 2.05) is 19.9 Å². The van der Waals surface area contributed by atoms with Gasteiger partial charge in [-0.25, -0.2) is 0 Å². The molecule has 33 heavy (non-hydrogen) atoms. The van der Waals surface area contributed by atoms with Crippen molar-refractivity contribution in [1.82, 2.24) is 0 Å². The predicted octanol–water partition coefficient (Wildman–Crippen LogP) is 5.31. The van der Waals surface area contributed by atoms with Gasteiger partial charge in [-0.2, -0.15) is 0 Å². The number of aryl methyl sites for hydroxylation is 2. The summed E-state index contributed by atoms with van der Waals surface area (Å²) in [5.41, 5.74) is 3.61. The van der Waals surface area contributed by atoms with Crippen LogP contribution in [-0.2, 0) is 9.59 Å². The molecule has 3 aromatic carbocycles. The molecule has 1 amide bonds. The lowest BCUT2D eigenvalue weighted by atomic mass is 9.94. The molecule has 0 radical (unpaired) electrons. The van der Waals surface area contributed by atoms with Crippen LogP contribution in [0.1, 0.15) is 28.3 Å². The minimum Gasteiger partial charge on any atom is -0.507 e. The number of benzene rings is 3. The number of amides is 1. The zero-order valence-corrected chi connectivity index (χ0v) is 18.7. The molecular weight excluding hydrogens is 442 g/mol. The lowest BCUT2D eigenvalue weighted by Gasteiger charge is -2.25. The van der Waals surface area contributed by atoms with Crippen molar-refractivity contribution in [3.63, 3.8) is 0 Å². The second kappa shape index (κ2) is 7.98. The number of ketones is 1. The van der Waals surface area contributed by atoms with Crippen LogP contribution in [0.25, 0.3) is 5.76 Å². The van der Waals surface area contributed by atoms with Gasteiger partial charge in [-0.15, -0.1) is 0 Å². The molecule has 1 saturated heterocycles. The number of halogens is 1. The summed E-state index contributed by atoms with van der Waals surface area (Å²) in [5, 5.41) is 11.8. The molecule has 3 aromatic rings. The third kappa shape index (κ3) is 3.52. The molecule has 1 N–H and O–H groups in total. The third-order valence-electron chi connectivity index (χ3n) is 6.04. The van der Waals surface area contributed by atoms with Crippen LogP contribution in [0.5, 0.6) is 11.5 Å². The Kier molecular flexibility index (Phi) is 5.10. The van der Waals surface area contributed by atoms with Crippen LogP contribution in [0, 0.1) is 13.8 Å². The van der Waals surface area contributed by atoms with Gasteiger partial charge in [-0.1, -0.05) is 35.9 Å². The molecule has 2 aliphatic heterocycles. The highest BCUT2D eigenvalue weighted by Gasteiger charge is 2.47. The van der Waals surface area contributed by atoms with E-state index in [1.165, 1.54) is 4.90 Å². The van der Waals surface area contributed by atoms with Gasteiger partial charge in [-0.3, -0.25) is 14.5 Å². The van der Waals surface area contributed by atoms with Gasteiger partial charge in [0.1, 0.15) is 5.76 Å². The molecule has 0 bridgehead atoms. The molecule has 1 unspecified atom stereocenters. The topological polar surface area (TPSA) is 76.1 Å². The minimum atomic E-state index is -0.843. The number of carbonyl (C=O) groups excluding carboxylic acids is 2. The summed E-state index contributed by atoms with van der Waals surface area (Å²) in [5.74, 6) is -0.672. The molecule has 0 aliphatic carbocycles. The second-order valence-electron chi connectivity index (χ2n) is 8.06. The van der Waals surface area contributed by atoms with E-state index in [2.05, 4.69) is 0 Å². The highest BCUT2D eigenvalue weighted by atomic mass is 35.5. The van der Waals surface area contributed by atoms with Crippen LogP contribution in [-0.4, -0.2) is 23.6 Å². The van der Waals surface area contributed by atoms with Gasteiger partial charge in [0.25, 0.3) is 11.7 Å². The lowest BCUT2D eigenvalue weighted by Crippen LogP contribution is -2.29. The largest absolute Gasteiger partial charge is 0.507 e. The summed E-state index contributed by atoms with van der Waals surface area (Å²) in [6.45, 7) is 3.98. The maximum atomic E-state index is 13.3. The number of anilines is 1. The first-order valence-corrected chi connectivity index (χ1v) is 10.8. The van der Waals surface area contributed by atoms with E-state index in [4.69, 9.17) is 21.1 Å². The van der Waals surface area contributed by atoms with Crippen LogP contribution in [0.2, 0.25) is 5.02 Å². The van der Waals surface area contributed by atoms with Crippen molar-refractivity contribution in [1.29, 1.82) is 0 Å². The number of aliphatic hydroxyl groups excluding tert-OH is 1. The Bertz CT molecular complexity index is 1330. The smallest absolute Gasteiger partial charge is 0.300 e. The molecule has 0 aromatic heterocycles. The van der Waals surface area contributed by atoms with Gasteiger partial charge in [0.05, 0.1) is 11.6 Å². The molecule has 5 rings (SSSR count). The maximum absolute atomic E-state index is 13.3. The molecular formula is C26H20ClNO5. The lowest BCUT2D eigenvalue weighted by molar-refractivity contribution is -0.132. The summed E-state index contributed by atoms with van der Waals surface area (Å²) in [6, 6.07) is 16.5. The van der Waals surface area contributed by atoms with Crippen molar-refractivity contribution in [2.75, 3.05) is 11.7 Å². The summed E-state index contributed by atoms with van der Waals surface area (Å²) in [6.07, 6.45) is 0. The van der Waals surface area contributed by atoms with E-state index in [0.29, 0.717) is 33.3 Å². The Morgan fingerprint density at radius 2 is 1.67 bits per heavy atom. The van der Waals surface area contributed by atoms with E-state index in [9.17, 15) is 14.7 Å². The molecule has 1 fully saturated rings. The predicted molar refractivity (Wildman–Crippen MR) is 125 cm³/mol. The molecule has 6 nitrogen and oxygen atoms in total. The van der Waals surface area contributed by atoms with Crippen molar-refractivity contribution in [3.8, 4) is 11.5 Å². The van der Waals surface area contributed by atoms with E-state index >= 15 is 0 Å². The van der Waals surface area contributed by atoms with Crippen LogP contribution in [0.4, 0.5) is 5.69 Å². The summed E-state index contributed by atoms with van der Waals surface area (Å²) in [7, 11) is 0. The number of Topliss-reactive ketones (excluding diaryl/α,β-unsaturated/α-hetero) is 1. The van der Waals surface area contributed by atoms with Gasteiger partial charge < -0.3 is 14.6 Å². The van der Waals surface area contributed by atoms with Gasteiger partial charge >= 0.3 is 0 Å². The molecule has 2 heterocycles. The Morgan fingerprint density at radius 1 is 0.939 bits per heavy atom. The van der Waals surface area contributed by atoms with Crippen LogP contribution < -0.4 is 14.4 Å². The van der Waals surface area contributed by atoms with Crippen molar-refractivity contribution in [3.05, 3.63) is 93.5 Å². The molecule has 0 spiro atoms. The van der Waals surface area contributed by atoms with Crippen LogP contribution in [0.3, 0.4) is 0 Å². The van der Waals surface area contributed by atoms with Crippen LogP contribution >= 0.6 is 11.6 Å². The molecule has 2 aliphatic rings. The zero-order chi connectivity index (χ0) is 23.3. The molecule has 7 heteroatoms.